The van der Waals surface area contributed by atoms with Crippen molar-refractivity contribution in [2.45, 2.75) is 37.0 Å². The maximum atomic E-state index is 12.8. The molecule has 1 spiro atoms. The topological polar surface area (TPSA) is 36.4 Å². The van der Waals surface area contributed by atoms with Gasteiger partial charge in [-0.25, -0.2) is 0 Å². The Labute approximate surface area is 162 Å². The van der Waals surface area contributed by atoms with Crippen LogP contribution in [0.4, 0.5) is 13.2 Å². The van der Waals surface area contributed by atoms with Crippen LogP contribution in [0, 0.1) is 0 Å². The molecule has 4 nitrogen and oxygen atoms in total. The molecule has 2 aliphatic heterocycles. The van der Waals surface area contributed by atoms with Gasteiger partial charge >= 0.3 is 6.18 Å². The maximum Gasteiger partial charge on any atom is 0.416 e. The number of hydrogen-bond donors (Lipinski definition) is 0. The van der Waals surface area contributed by atoms with Crippen LogP contribution < -0.4 is 0 Å². The van der Waals surface area contributed by atoms with Crippen LogP contribution in [0.1, 0.15) is 36.6 Å². The van der Waals surface area contributed by atoms with Crippen LogP contribution in [0.25, 0.3) is 11.1 Å². The molecule has 0 saturated carbocycles. The third-order valence-corrected chi connectivity index (χ3v) is 6.25. The Morgan fingerprint density at radius 1 is 1.07 bits per heavy atom. The standard InChI is InChI=1S/C21H22F3N3O/c1-26-12-10-20(19(26)28)9-7-18(27(20)2)17-13-15(8-11-25-17)14-3-5-16(6-4-14)21(22,23)24/h3-6,8,11,13,18H,7,9-10,12H2,1-2H3/t18-,20+/m1/s1. The molecule has 1 aromatic carbocycles. The molecule has 28 heavy (non-hydrogen) atoms. The molecule has 1 aromatic heterocycles. The van der Waals surface area contributed by atoms with E-state index in [1.54, 1.807) is 17.2 Å². The number of rotatable bonds is 2. The number of carbonyl (C=O) groups is 1. The zero-order valence-electron chi connectivity index (χ0n) is 15.8. The molecule has 0 radical (unpaired) electrons. The van der Waals surface area contributed by atoms with Crippen LogP contribution in [-0.2, 0) is 11.0 Å². The second-order valence-corrected chi connectivity index (χ2v) is 7.72. The van der Waals surface area contributed by atoms with Gasteiger partial charge in [-0.15, -0.1) is 0 Å². The molecule has 3 heterocycles. The van der Waals surface area contributed by atoms with Crippen LogP contribution in [-0.4, -0.2) is 46.9 Å². The number of likely N-dealkylation sites (tertiary alicyclic amines) is 2. The van der Waals surface area contributed by atoms with Crippen LogP contribution in [0.3, 0.4) is 0 Å². The minimum absolute atomic E-state index is 0.0184. The van der Waals surface area contributed by atoms with Crippen molar-refractivity contribution < 1.29 is 18.0 Å². The predicted octanol–water partition coefficient (Wildman–Crippen LogP) is 4.14. The first-order chi connectivity index (χ1) is 13.2. The van der Waals surface area contributed by atoms with Crippen molar-refractivity contribution in [2.75, 3.05) is 20.6 Å². The molecule has 1 amide bonds. The van der Waals surface area contributed by atoms with E-state index in [1.165, 1.54) is 12.1 Å². The third kappa shape index (κ3) is 2.98. The van der Waals surface area contributed by atoms with E-state index in [1.807, 2.05) is 20.2 Å². The summed E-state index contributed by atoms with van der Waals surface area (Å²) in [5, 5.41) is 0. The molecule has 0 unspecified atom stereocenters. The number of benzene rings is 1. The molecule has 2 fully saturated rings. The summed E-state index contributed by atoms with van der Waals surface area (Å²) >= 11 is 0. The van der Waals surface area contributed by atoms with Crippen molar-refractivity contribution in [3.8, 4) is 11.1 Å². The van der Waals surface area contributed by atoms with Gasteiger partial charge in [0, 0.05) is 19.8 Å². The minimum atomic E-state index is -4.34. The highest BCUT2D eigenvalue weighted by Crippen LogP contribution is 2.46. The highest BCUT2D eigenvalue weighted by molar-refractivity contribution is 5.88. The van der Waals surface area contributed by atoms with E-state index in [4.69, 9.17) is 0 Å². The van der Waals surface area contributed by atoms with Crippen LogP contribution in [0.15, 0.2) is 42.6 Å². The van der Waals surface area contributed by atoms with Crippen LogP contribution in [0.5, 0.6) is 0 Å². The number of hydrogen-bond acceptors (Lipinski definition) is 3. The molecule has 0 bridgehead atoms. The average molecular weight is 389 g/mol. The summed E-state index contributed by atoms with van der Waals surface area (Å²) in [4.78, 5) is 21.1. The Morgan fingerprint density at radius 2 is 1.79 bits per heavy atom. The lowest BCUT2D eigenvalue weighted by Crippen LogP contribution is -2.48. The van der Waals surface area contributed by atoms with Gasteiger partial charge in [0.25, 0.3) is 0 Å². The molecule has 2 aromatic rings. The highest BCUT2D eigenvalue weighted by Gasteiger charge is 2.54. The Hall–Kier alpha value is -2.41. The van der Waals surface area contributed by atoms with Crippen LogP contribution in [0.2, 0.25) is 0 Å². The Kier molecular flexibility index (Phi) is 4.45. The normalized spacial score (nSPS) is 25.8. The number of carbonyl (C=O) groups excluding carboxylic acids is 1. The molecule has 148 valence electrons. The summed E-state index contributed by atoms with van der Waals surface area (Å²) in [7, 11) is 3.81. The van der Waals surface area contributed by atoms with Gasteiger partial charge in [-0.1, -0.05) is 12.1 Å². The van der Waals surface area contributed by atoms with Crippen molar-refractivity contribution in [2.24, 2.45) is 0 Å². The van der Waals surface area contributed by atoms with E-state index in [0.29, 0.717) is 5.56 Å². The first-order valence-corrected chi connectivity index (χ1v) is 9.34. The van der Waals surface area contributed by atoms with E-state index in [0.717, 1.165) is 49.2 Å². The minimum Gasteiger partial charge on any atom is -0.344 e. The van der Waals surface area contributed by atoms with Gasteiger partial charge in [-0.3, -0.25) is 14.7 Å². The summed E-state index contributed by atoms with van der Waals surface area (Å²) in [6.45, 7) is 0.759. The molecular weight excluding hydrogens is 367 g/mol. The molecule has 2 saturated heterocycles. The van der Waals surface area contributed by atoms with Crippen molar-refractivity contribution in [3.63, 3.8) is 0 Å². The number of likely N-dealkylation sites (N-methyl/N-ethyl adjacent to an activating group) is 2. The van der Waals surface area contributed by atoms with Crippen LogP contribution >= 0.6 is 0 Å². The highest BCUT2D eigenvalue weighted by atomic mass is 19.4. The molecule has 2 aliphatic rings. The zero-order chi connectivity index (χ0) is 20.1. The maximum absolute atomic E-state index is 12.8. The van der Waals surface area contributed by atoms with E-state index in [9.17, 15) is 18.0 Å². The lowest BCUT2D eigenvalue weighted by atomic mass is 9.95. The number of alkyl halides is 3. The Balaban J connectivity index is 1.61. The smallest absolute Gasteiger partial charge is 0.344 e. The number of halogens is 3. The van der Waals surface area contributed by atoms with Gasteiger partial charge in [-0.05, 0) is 61.7 Å². The first kappa shape index (κ1) is 18.9. The van der Waals surface area contributed by atoms with Gasteiger partial charge in [0.1, 0.15) is 5.54 Å². The fourth-order valence-corrected chi connectivity index (χ4v) is 4.53. The summed E-state index contributed by atoms with van der Waals surface area (Å²) < 4.78 is 38.4. The van der Waals surface area contributed by atoms with Gasteiger partial charge in [0.05, 0.1) is 17.3 Å². The van der Waals surface area contributed by atoms with Gasteiger partial charge in [0.15, 0.2) is 0 Å². The summed E-state index contributed by atoms with van der Waals surface area (Å²) in [6, 6.07) is 8.90. The number of amides is 1. The predicted molar refractivity (Wildman–Crippen MR) is 99.4 cm³/mol. The number of pyridine rings is 1. The molecular formula is C21H22F3N3O. The fourth-order valence-electron chi connectivity index (χ4n) is 4.53. The molecule has 4 rings (SSSR count). The average Bonchev–Trinajstić information content (AvgIpc) is 3.16. The largest absolute Gasteiger partial charge is 0.416 e. The second kappa shape index (κ2) is 6.58. The monoisotopic (exact) mass is 389 g/mol. The zero-order valence-corrected chi connectivity index (χ0v) is 15.8. The van der Waals surface area contributed by atoms with E-state index >= 15 is 0 Å². The summed E-state index contributed by atoms with van der Waals surface area (Å²) in [5.74, 6) is 0.163. The molecule has 7 heteroatoms. The quantitative estimate of drug-likeness (QED) is 0.775. The van der Waals surface area contributed by atoms with Gasteiger partial charge in [0.2, 0.25) is 5.91 Å². The number of nitrogens with zero attached hydrogens (tertiary/aromatic N) is 3. The Bertz CT molecular complexity index is 897. The lowest BCUT2D eigenvalue weighted by Gasteiger charge is -2.33. The first-order valence-electron chi connectivity index (χ1n) is 9.34. The second-order valence-electron chi connectivity index (χ2n) is 7.72. The fraction of sp³-hybridized carbons (Fsp3) is 0.429. The van der Waals surface area contributed by atoms with Crippen molar-refractivity contribution in [1.82, 2.24) is 14.8 Å². The van der Waals surface area contributed by atoms with Gasteiger partial charge in [-0.2, -0.15) is 13.2 Å². The third-order valence-electron chi connectivity index (χ3n) is 6.25. The SMILES string of the molecule is CN1CC[C@@]2(CC[C@H](c3cc(-c4ccc(C(F)(F)F)cc4)ccn3)N2C)C1=O. The van der Waals surface area contributed by atoms with Gasteiger partial charge < -0.3 is 4.90 Å². The lowest BCUT2D eigenvalue weighted by molar-refractivity contribution is -0.137. The molecule has 0 aliphatic carbocycles. The van der Waals surface area contributed by atoms with E-state index < -0.39 is 17.3 Å². The number of aromatic nitrogens is 1. The summed E-state index contributed by atoms with van der Waals surface area (Å²) in [6.07, 6.45) is -0.218. The molecule has 2 atom stereocenters. The Morgan fingerprint density at radius 3 is 2.39 bits per heavy atom. The van der Waals surface area contributed by atoms with Crippen molar-refractivity contribution in [1.29, 1.82) is 0 Å². The molecule has 0 N–H and O–H groups in total. The van der Waals surface area contributed by atoms with E-state index in [-0.39, 0.29) is 11.9 Å². The van der Waals surface area contributed by atoms with E-state index in [2.05, 4.69) is 9.88 Å². The van der Waals surface area contributed by atoms with Crippen molar-refractivity contribution >= 4 is 5.91 Å². The summed E-state index contributed by atoms with van der Waals surface area (Å²) in [5.41, 5.74) is 1.27. The van der Waals surface area contributed by atoms with Crippen molar-refractivity contribution in [3.05, 3.63) is 53.9 Å².